The highest BCUT2D eigenvalue weighted by Crippen LogP contribution is 2.39. The normalized spacial score (nSPS) is 13.3. The molecule has 33 heavy (non-hydrogen) atoms. The van der Waals surface area contributed by atoms with Crippen LogP contribution in [0, 0.1) is 15.9 Å². The molecule has 1 atom stereocenters. The molecular formula is C25H17F2N3O3. The minimum atomic E-state index is -2.03. The summed E-state index contributed by atoms with van der Waals surface area (Å²) in [6, 6.07) is 20.0. The molecule has 0 bridgehead atoms. The van der Waals surface area contributed by atoms with E-state index < -0.39 is 17.2 Å². The number of benzene rings is 4. The molecule has 0 spiro atoms. The van der Waals surface area contributed by atoms with Crippen molar-refractivity contribution in [3.05, 3.63) is 112 Å². The van der Waals surface area contributed by atoms with Gasteiger partial charge in [0.1, 0.15) is 18.1 Å². The van der Waals surface area contributed by atoms with Gasteiger partial charge in [0.05, 0.1) is 27.7 Å². The average molecular weight is 445 g/mol. The lowest BCUT2D eigenvalue weighted by molar-refractivity contribution is -0.383. The Kier molecular flexibility index (Phi) is 4.87. The van der Waals surface area contributed by atoms with Gasteiger partial charge in [0.2, 0.25) is 0 Å². The van der Waals surface area contributed by atoms with E-state index in [1.54, 1.807) is 65.5 Å². The van der Waals surface area contributed by atoms with E-state index in [4.69, 9.17) is 0 Å². The Morgan fingerprint density at radius 1 is 1.00 bits per heavy atom. The van der Waals surface area contributed by atoms with Crippen molar-refractivity contribution in [2.75, 3.05) is 6.67 Å². The van der Waals surface area contributed by atoms with Crippen LogP contribution in [-0.2, 0) is 5.60 Å². The molecule has 1 unspecified atom stereocenters. The van der Waals surface area contributed by atoms with Crippen molar-refractivity contribution < 1.29 is 18.8 Å². The maximum atomic E-state index is 14.5. The first-order valence-corrected chi connectivity index (χ1v) is 10.1. The Hall–Kier alpha value is -4.17. The summed E-state index contributed by atoms with van der Waals surface area (Å²) in [7, 11) is 0. The standard InChI is InChI=1S/C25H17F2N3O3/c26-15-25(31,22-10-12-24(30(32)33)21-4-2-1-3-20(21)22)17-5-11-23-16(13-17)14-28-29(23)19-8-6-18(27)7-9-19/h1-14,31H,15H2. The van der Waals surface area contributed by atoms with E-state index in [0.29, 0.717) is 27.4 Å². The highest BCUT2D eigenvalue weighted by atomic mass is 19.1. The van der Waals surface area contributed by atoms with Crippen LogP contribution in [0.25, 0.3) is 27.4 Å². The summed E-state index contributed by atoms with van der Waals surface area (Å²) in [5.74, 6) is -0.360. The number of halogens is 2. The van der Waals surface area contributed by atoms with Crippen LogP contribution in [-0.4, -0.2) is 26.5 Å². The summed E-state index contributed by atoms with van der Waals surface area (Å²) in [5.41, 5.74) is -0.277. The largest absolute Gasteiger partial charge is 0.378 e. The summed E-state index contributed by atoms with van der Waals surface area (Å²) in [4.78, 5) is 10.9. The quantitative estimate of drug-likeness (QED) is 0.289. The van der Waals surface area contributed by atoms with Gasteiger partial charge in [0.15, 0.2) is 0 Å². The molecule has 0 aliphatic heterocycles. The number of hydrogen-bond donors (Lipinski definition) is 1. The van der Waals surface area contributed by atoms with E-state index in [1.807, 2.05) is 0 Å². The zero-order valence-electron chi connectivity index (χ0n) is 17.2. The fourth-order valence-electron chi connectivity index (χ4n) is 4.19. The number of hydrogen-bond acceptors (Lipinski definition) is 4. The van der Waals surface area contributed by atoms with Crippen LogP contribution in [0.15, 0.2) is 85.1 Å². The van der Waals surface area contributed by atoms with E-state index in [2.05, 4.69) is 5.10 Å². The first kappa shape index (κ1) is 20.7. The van der Waals surface area contributed by atoms with Crippen molar-refractivity contribution in [2.24, 2.45) is 0 Å². The summed E-state index contributed by atoms with van der Waals surface area (Å²) in [6.07, 6.45) is 1.58. The van der Waals surface area contributed by atoms with Gasteiger partial charge in [0.25, 0.3) is 5.69 Å². The predicted molar refractivity (Wildman–Crippen MR) is 121 cm³/mol. The fraction of sp³-hybridized carbons (Fsp3) is 0.0800. The van der Waals surface area contributed by atoms with Crippen molar-refractivity contribution in [1.82, 2.24) is 9.78 Å². The molecule has 1 aromatic heterocycles. The van der Waals surface area contributed by atoms with Gasteiger partial charge in [-0.1, -0.05) is 24.3 Å². The molecule has 8 heteroatoms. The zero-order chi connectivity index (χ0) is 23.2. The minimum Gasteiger partial charge on any atom is -0.378 e. The van der Waals surface area contributed by atoms with Gasteiger partial charge in [-0.2, -0.15) is 5.10 Å². The molecule has 4 aromatic carbocycles. The molecule has 1 N–H and O–H groups in total. The average Bonchev–Trinajstić information content (AvgIpc) is 3.26. The lowest BCUT2D eigenvalue weighted by Crippen LogP contribution is -2.30. The van der Waals surface area contributed by atoms with E-state index >= 15 is 0 Å². The summed E-state index contributed by atoms with van der Waals surface area (Å²) in [5, 5.41) is 28.6. The number of non-ortho nitro benzene ring substituents is 1. The van der Waals surface area contributed by atoms with Gasteiger partial charge in [-0.15, -0.1) is 0 Å². The van der Waals surface area contributed by atoms with E-state index in [-0.39, 0.29) is 22.6 Å². The van der Waals surface area contributed by atoms with Crippen molar-refractivity contribution in [2.45, 2.75) is 5.60 Å². The van der Waals surface area contributed by atoms with E-state index in [9.17, 15) is 24.0 Å². The van der Waals surface area contributed by atoms with Crippen LogP contribution < -0.4 is 0 Å². The van der Waals surface area contributed by atoms with Crippen LogP contribution in [0.3, 0.4) is 0 Å². The van der Waals surface area contributed by atoms with Gasteiger partial charge >= 0.3 is 0 Å². The Labute approximate surface area is 186 Å². The Morgan fingerprint density at radius 3 is 2.42 bits per heavy atom. The number of aromatic nitrogens is 2. The summed E-state index contributed by atoms with van der Waals surface area (Å²) >= 11 is 0. The smallest absolute Gasteiger partial charge is 0.277 e. The van der Waals surface area contributed by atoms with Crippen molar-refractivity contribution >= 4 is 27.4 Å². The number of fused-ring (bicyclic) bond motifs is 2. The lowest BCUT2D eigenvalue weighted by atomic mass is 9.84. The highest BCUT2D eigenvalue weighted by Gasteiger charge is 2.35. The second-order valence-corrected chi connectivity index (χ2v) is 7.74. The molecule has 1 heterocycles. The molecule has 5 aromatic rings. The van der Waals surface area contributed by atoms with Crippen LogP contribution in [0.1, 0.15) is 11.1 Å². The molecule has 0 fully saturated rings. The lowest BCUT2D eigenvalue weighted by Gasteiger charge is -2.27. The maximum absolute atomic E-state index is 14.5. The van der Waals surface area contributed by atoms with Crippen molar-refractivity contribution in [3.8, 4) is 5.69 Å². The van der Waals surface area contributed by atoms with Gasteiger partial charge in [0, 0.05) is 11.5 Å². The monoisotopic (exact) mass is 445 g/mol. The number of nitro groups is 1. The summed E-state index contributed by atoms with van der Waals surface area (Å²) < 4.78 is 29.4. The zero-order valence-corrected chi connectivity index (χ0v) is 17.2. The van der Waals surface area contributed by atoms with Crippen LogP contribution in [0.4, 0.5) is 14.5 Å². The number of nitrogens with zero attached hydrogens (tertiary/aromatic N) is 3. The number of aliphatic hydroxyl groups is 1. The third-order valence-electron chi connectivity index (χ3n) is 5.85. The van der Waals surface area contributed by atoms with Crippen LogP contribution in [0.2, 0.25) is 0 Å². The van der Waals surface area contributed by atoms with Crippen LogP contribution in [0.5, 0.6) is 0 Å². The second-order valence-electron chi connectivity index (χ2n) is 7.74. The van der Waals surface area contributed by atoms with Crippen LogP contribution >= 0.6 is 0 Å². The fourth-order valence-corrected chi connectivity index (χ4v) is 4.19. The molecule has 0 amide bonds. The van der Waals surface area contributed by atoms with E-state index in [1.165, 1.54) is 24.3 Å². The Bertz CT molecular complexity index is 1520. The predicted octanol–water partition coefficient (Wildman–Crippen LogP) is 5.43. The third-order valence-corrected chi connectivity index (χ3v) is 5.85. The molecule has 164 valence electrons. The first-order chi connectivity index (χ1) is 15.9. The minimum absolute atomic E-state index is 0.119. The third kappa shape index (κ3) is 3.32. The van der Waals surface area contributed by atoms with Gasteiger partial charge in [-0.05, 0) is 65.0 Å². The van der Waals surface area contributed by atoms with Gasteiger partial charge in [-0.25, -0.2) is 13.5 Å². The number of nitro benzene ring substituents is 1. The molecule has 5 rings (SSSR count). The SMILES string of the molecule is O=[N+]([O-])c1ccc(C(O)(CF)c2ccc3c(cnn3-c3ccc(F)cc3)c2)c2ccccc12. The summed E-state index contributed by atoms with van der Waals surface area (Å²) in [6.45, 7) is -1.13. The Balaban J connectivity index is 1.66. The molecule has 0 aliphatic rings. The molecule has 6 nitrogen and oxygen atoms in total. The van der Waals surface area contributed by atoms with Gasteiger partial charge < -0.3 is 5.11 Å². The van der Waals surface area contributed by atoms with Gasteiger partial charge in [-0.3, -0.25) is 10.1 Å². The van der Waals surface area contributed by atoms with Crippen molar-refractivity contribution in [1.29, 1.82) is 0 Å². The highest BCUT2D eigenvalue weighted by molar-refractivity contribution is 5.94. The van der Waals surface area contributed by atoms with Crippen molar-refractivity contribution in [3.63, 3.8) is 0 Å². The molecule has 0 aliphatic carbocycles. The molecule has 0 radical (unpaired) electrons. The Morgan fingerprint density at radius 2 is 1.73 bits per heavy atom. The first-order valence-electron chi connectivity index (χ1n) is 10.1. The number of alkyl halides is 1. The van der Waals surface area contributed by atoms with E-state index in [0.717, 1.165) is 0 Å². The topological polar surface area (TPSA) is 81.2 Å². The molecular weight excluding hydrogens is 428 g/mol. The molecule has 0 saturated carbocycles. The number of rotatable bonds is 5. The second kappa shape index (κ2) is 7.75. The maximum Gasteiger partial charge on any atom is 0.277 e. The molecule has 0 saturated heterocycles.